The van der Waals surface area contributed by atoms with Crippen molar-refractivity contribution in [1.82, 2.24) is 0 Å². The highest BCUT2D eigenvalue weighted by atomic mass is 16.5. The summed E-state index contributed by atoms with van der Waals surface area (Å²) >= 11 is 0. The first-order chi connectivity index (χ1) is 3.18. The van der Waals surface area contributed by atoms with Crippen molar-refractivity contribution in [3.8, 4) is 0 Å². The van der Waals surface area contributed by atoms with E-state index < -0.39 is 0 Å². The van der Waals surface area contributed by atoms with Gasteiger partial charge >= 0.3 is 5.97 Å². The zero-order chi connectivity index (χ0) is 5.86. The average Bonchev–Trinajstić information content (AvgIpc) is 1.65. The van der Waals surface area contributed by atoms with Crippen molar-refractivity contribution in [1.29, 1.82) is 0 Å². The molecule has 1 unspecified atom stereocenters. The van der Waals surface area contributed by atoms with E-state index in [0.29, 0.717) is 0 Å². The Morgan fingerprint density at radius 1 is 1.86 bits per heavy atom. The Balaban J connectivity index is 3.35. The van der Waals surface area contributed by atoms with E-state index in [-0.39, 0.29) is 11.9 Å². The minimum Gasteiger partial charge on any atom is -0.469 e. The van der Waals surface area contributed by atoms with Gasteiger partial charge in [-0.1, -0.05) is 6.92 Å². The molecule has 1 atom stereocenters. The summed E-state index contributed by atoms with van der Waals surface area (Å²) in [6.45, 7) is 5.12. The maximum atomic E-state index is 10.2. The number of carbonyl (C=O) groups excluding carboxylic acids is 1. The average molecular weight is 101 g/mol. The second-order valence-electron chi connectivity index (χ2n) is 1.42. The molecule has 0 aromatic heterocycles. The molecule has 0 heterocycles. The lowest BCUT2D eigenvalue weighted by molar-refractivity contribution is -0.143. The Morgan fingerprint density at radius 3 is 2.29 bits per heavy atom. The molecule has 0 aliphatic carbocycles. The van der Waals surface area contributed by atoms with Crippen LogP contribution in [0.4, 0.5) is 0 Å². The third kappa shape index (κ3) is 2.20. The summed E-state index contributed by atoms with van der Waals surface area (Å²) in [6, 6.07) is 0. The molecule has 7 heavy (non-hydrogen) atoms. The minimum absolute atomic E-state index is 0.245. The van der Waals surface area contributed by atoms with Crippen LogP contribution in [0.5, 0.6) is 0 Å². The van der Waals surface area contributed by atoms with E-state index in [9.17, 15) is 4.79 Å². The van der Waals surface area contributed by atoms with Crippen LogP contribution in [0.15, 0.2) is 0 Å². The fraction of sp³-hybridized carbons (Fsp3) is 0.600. The number of rotatable bonds is 1. The normalized spacial score (nSPS) is 9.14. The SMILES string of the molecule is [CH2]C(C)C(=O)OC. The number of esters is 1. The van der Waals surface area contributed by atoms with E-state index in [1.807, 2.05) is 0 Å². The predicted molar refractivity (Wildman–Crippen MR) is 26.5 cm³/mol. The molecule has 1 radical (unpaired) electrons. The lowest BCUT2D eigenvalue weighted by atomic mass is 10.2. The summed E-state index contributed by atoms with van der Waals surface area (Å²) in [5.74, 6) is -0.509. The quantitative estimate of drug-likeness (QED) is 0.453. The Morgan fingerprint density at radius 2 is 2.29 bits per heavy atom. The smallest absolute Gasteiger partial charge is 0.308 e. The van der Waals surface area contributed by atoms with Crippen LogP contribution < -0.4 is 0 Å². The summed E-state index contributed by atoms with van der Waals surface area (Å²) < 4.78 is 4.31. The topological polar surface area (TPSA) is 26.3 Å². The van der Waals surface area contributed by atoms with E-state index in [1.54, 1.807) is 6.92 Å². The molecule has 0 saturated heterocycles. The minimum atomic E-state index is -0.264. The summed E-state index contributed by atoms with van der Waals surface area (Å²) in [4.78, 5) is 10.2. The molecule has 41 valence electrons. The Labute approximate surface area is 43.5 Å². The highest BCUT2D eigenvalue weighted by Crippen LogP contribution is 1.91. The van der Waals surface area contributed by atoms with Crippen LogP contribution in [0.25, 0.3) is 0 Å². The van der Waals surface area contributed by atoms with Crippen molar-refractivity contribution < 1.29 is 9.53 Å². The Bertz CT molecular complexity index is 66.5. The molecule has 2 heteroatoms. The van der Waals surface area contributed by atoms with Crippen LogP contribution in [0, 0.1) is 12.8 Å². The van der Waals surface area contributed by atoms with Crippen molar-refractivity contribution in [2.24, 2.45) is 5.92 Å². The van der Waals surface area contributed by atoms with E-state index >= 15 is 0 Å². The third-order valence-electron chi connectivity index (χ3n) is 0.604. The highest BCUT2D eigenvalue weighted by molar-refractivity contribution is 5.72. The lowest BCUT2D eigenvalue weighted by Gasteiger charge is -1.97. The molecule has 0 bridgehead atoms. The molecule has 0 amide bonds. The second-order valence-corrected chi connectivity index (χ2v) is 1.42. The molecule has 0 N–H and O–H groups in total. The van der Waals surface area contributed by atoms with Gasteiger partial charge in [-0.2, -0.15) is 0 Å². The van der Waals surface area contributed by atoms with Crippen LogP contribution in [0.3, 0.4) is 0 Å². The molecule has 0 aliphatic rings. The molecular formula is C5H9O2. The first-order valence-electron chi connectivity index (χ1n) is 2.09. The fourth-order valence-corrected chi connectivity index (χ4v) is 0.201. The van der Waals surface area contributed by atoms with Gasteiger partial charge in [0.1, 0.15) is 0 Å². The molecule has 2 nitrogen and oxygen atoms in total. The summed E-state index contributed by atoms with van der Waals surface area (Å²) in [7, 11) is 1.35. The van der Waals surface area contributed by atoms with Crippen LogP contribution >= 0.6 is 0 Å². The zero-order valence-corrected chi connectivity index (χ0v) is 4.60. The van der Waals surface area contributed by atoms with Crippen molar-refractivity contribution in [2.75, 3.05) is 7.11 Å². The number of hydrogen-bond acceptors (Lipinski definition) is 2. The summed E-state index contributed by atoms with van der Waals surface area (Å²) in [5.41, 5.74) is 0. The number of ether oxygens (including phenoxy) is 1. The Kier molecular flexibility index (Phi) is 2.41. The van der Waals surface area contributed by atoms with Gasteiger partial charge in [0.25, 0.3) is 0 Å². The molecule has 0 aromatic carbocycles. The molecular weight excluding hydrogens is 92.1 g/mol. The fourth-order valence-electron chi connectivity index (χ4n) is 0.201. The monoisotopic (exact) mass is 101 g/mol. The number of methoxy groups -OCH3 is 1. The molecule has 0 rings (SSSR count). The third-order valence-corrected chi connectivity index (χ3v) is 0.604. The zero-order valence-electron chi connectivity index (χ0n) is 4.60. The molecule has 0 aromatic rings. The van der Waals surface area contributed by atoms with Crippen molar-refractivity contribution in [3.63, 3.8) is 0 Å². The maximum absolute atomic E-state index is 10.2. The van der Waals surface area contributed by atoms with Gasteiger partial charge in [0.15, 0.2) is 0 Å². The predicted octanol–water partition coefficient (Wildman–Crippen LogP) is 0.630. The largest absolute Gasteiger partial charge is 0.469 e. The van der Waals surface area contributed by atoms with Crippen LogP contribution in [-0.2, 0) is 9.53 Å². The van der Waals surface area contributed by atoms with Gasteiger partial charge in [-0.25, -0.2) is 0 Å². The van der Waals surface area contributed by atoms with Crippen molar-refractivity contribution in [3.05, 3.63) is 6.92 Å². The van der Waals surface area contributed by atoms with Gasteiger partial charge in [-0.3, -0.25) is 4.79 Å². The summed E-state index contributed by atoms with van der Waals surface area (Å²) in [5, 5.41) is 0. The van der Waals surface area contributed by atoms with Crippen molar-refractivity contribution in [2.45, 2.75) is 6.92 Å². The van der Waals surface area contributed by atoms with Gasteiger partial charge in [0, 0.05) is 0 Å². The van der Waals surface area contributed by atoms with E-state index in [0.717, 1.165) is 0 Å². The highest BCUT2D eigenvalue weighted by Gasteiger charge is 2.03. The van der Waals surface area contributed by atoms with Gasteiger partial charge in [0.05, 0.1) is 13.0 Å². The lowest BCUT2D eigenvalue weighted by Crippen LogP contribution is -2.08. The first kappa shape index (κ1) is 6.47. The van der Waals surface area contributed by atoms with E-state index in [4.69, 9.17) is 0 Å². The number of hydrogen-bond donors (Lipinski definition) is 0. The van der Waals surface area contributed by atoms with Gasteiger partial charge in [0.2, 0.25) is 0 Å². The van der Waals surface area contributed by atoms with Crippen LogP contribution in [-0.4, -0.2) is 13.1 Å². The van der Waals surface area contributed by atoms with E-state index in [1.165, 1.54) is 7.11 Å². The van der Waals surface area contributed by atoms with Crippen molar-refractivity contribution >= 4 is 5.97 Å². The van der Waals surface area contributed by atoms with Crippen LogP contribution in [0.2, 0.25) is 0 Å². The van der Waals surface area contributed by atoms with Gasteiger partial charge in [-0.05, 0) is 6.92 Å². The number of carbonyl (C=O) groups is 1. The Hall–Kier alpha value is -0.530. The van der Waals surface area contributed by atoms with E-state index in [2.05, 4.69) is 11.7 Å². The first-order valence-corrected chi connectivity index (χ1v) is 2.09. The molecule has 0 fully saturated rings. The maximum Gasteiger partial charge on any atom is 0.308 e. The van der Waals surface area contributed by atoms with Gasteiger partial charge < -0.3 is 4.74 Å². The van der Waals surface area contributed by atoms with Crippen LogP contribution in [0.1, 0.15) is 6.92 Å². The molecule has 0 aliphatic heterocycles. The second kappa shape index (κ2) is 2.61. The molecule has 0 saturated carbocycles. The molecule has 0 spiro atoms. The van der Waals surface area contributed by atoms with Gasteiger partial charge in [-0.15, -0.1) is 0 Å². The standard InChI is InChI=1S/C5H9O2/c1-4(2)5(6)7-3/h4H,1H2,2-3H3. The summed E-state index contributed by atoms with van der Waals surface area (Å²) in [6.07, 6.45) is 0.